The van der Waals surface area contributed by atoms with E-state index in [4.69, 9.17) is 9.47 Å². The fourth-order valence-electron chi connectivity index (χ4n) is 2.13. The second-order valence-electron chi connectivity index (χ2n) is 4.79. The number of ether oxygens (including phenoxy) is 2. The fourth-order valence-corrected chi connectivity index (χ4v) is 2.13. The van der Waals surface area contributed by atoms with Crippen LogP contribution in [0.3, 0.4) is 0 Å². The number of rotatable bonds is 2. The Morgan fingerprint density at radius 3 is 2.95 bits per heavy atom. The first-order valence-electron chi connectivity index (χ1n) is 6.55. The summed E-state index contributed by atoms with van der Waals surface area (Å²) in [6.07, 6.45) is -0.0374. The summed E-state index contributed by atoms with van der Waals surface area (Å²) in [6.45, 7) is 4.80. The maximum absolute atomic E-state index is 13.7. The monoisotopic (exact) mass is 282 g/mol. The van der Waals surface area contributed by atoms with Gasteiger partial charge < -0.3 is 19.7 Å². The molecule has 0 spiro atoms. The van der Waals surface area contributed by atoms with Crippen LogP contribution < -0.4 is 10.1 Å². The van der Waals surface area contributed by atoms with Gasteiger partial charge in [0.25, 0.3) is 0 Å². The van der Waals surface area contributed by atoms with Crippen LogP contribution >= 0.6 is 0 Å². The van der Waals surface area contributed by atoms with Gasteiger partial charge in [-0.2, -0.15) is 0 Å². The third kappa shape index (κ3) is 3.01. The van der Waals surface area contributed by atoms with E-state index in [1.807, 2.05) is 13.8 Å². The lowest BCUT2D eigenvalue weighted by Gasteiger charge is -2.37. The predicted octanol–water partition coefficient (Wildman–Crippen LogP) is 2.48. The summed E-state index contributed by atoms with van der Waals surface area (Å²) in [4.78, 5) is 13.9. The molecule has 2 unspecified atom stereocenters. The number of carbonyl (C=O) groups is 1. The average Bonchev–Trinajstić information content (AvgIpc) is 2.44. The Morgan fingerprint density at radius 1 is 1.50 bits per heavy atom. The zero-order valence-corrected chi connectivity index (χ0v) is 11.9. The van der Waals surface area contributed by atoms with Crippen molar-refractivity contribution >= 4 is 11.7 Å². The molecule has 1 heterocycles. The first-order valence-corrected chi connectivity index (χ1v) is 6.55. The highest BCUT2D eigenvalue weighted by Gasteiger charge is 2.29. The number of anilines is 1. The quantitative estimate of drug-likeness (QED) is 0.906. The average molecular weight is 282 g/mol. The van der Waals surface area contributed by atoms with Gasteiger partial charge in [-0.15, -0.1) is 0 Å². The molecule has 110 valence electrons. The molecule has 0 saturated carbocycles. The predicted molar refractivity (Wildman–Crippen MR) is 73.6 cm³/mol. The van der Waals surface area contributed by atoms with Crippen LogP contribution in [-0.2, 0) is 4.74 Å². The number of methoxy groups -OCH3 is 1. The summed E-state index contributed by atoms with van der Waals surface area (Å²) >= 11 is 0. The van der Waals surface area contributed by atoms with Crippen molar-refractivity contribution in [3.05, 3.63) is 24.0 Å². The number of halogens is 1. The van der Waals surface area contributed by atoms with Crippen molar-refractivity contribution in [2.75, 3.05) is 25.6 Å². The van der Waals surface area contributed by atoms with E-state index >= 15 is 0 Å². The molecule has 2 amide bonds. The van der Waals surface area contributed by atoms with E-state index in [1.54, 1.807) is 4.90 Å². The Balaban J connectivity index is 2.11. The topological polar surface area (TPSA) is 50.8 Å². The molecule has 1 aromatic carbocycles. The van der Waals surface area contributed by atoms with Crippen molar-refractivity contribution in [1.82, 2.24) is 4.90 Å². The summed E-state index contributed by atoms with van der Waals surface area (Å²) in [6, 6.07) is 3.84. The largest absolute Gasteiger partial charge is 0.497 e. The van der Waals surface area contributed by atoms with Crippen LogP contribution in [0.15, 0.2) is 18.2 Å². The van der Waals surface area contributed by atoms with Crippen molar-refractivity contribution in [2.45, 2.75) is 26.0 Å². The molecule has 1 saturated heterocycles. The molecule has 1 aliphatic rings. The van der Waals surface area contributed by atoms with Crippen LogP contribution in [0.4, 0.5) is 14.9 Å². The zero-order valence-electron chi connectivity index (χ0n) is 11.9. The van der Waals surface area contributed by atoms with Crippen LogP contribution in [-0.4, -0.2) is 43.3 Å². The van der Waals surface area contributed by atoms with Crippen molar-refractivity contribution in [3.8, 4) is 5.75 Å². The number of amides is 2. The van der Waals surface area contributed by atoms with Gasteiger partial charge in [0, 0.05) is 12.6 Å². The standard InChI is InChI=1S/C14H19FN2O3/c1-9-10(2)20-7-6-17(9)14(18)16-13-8-11(19-3)4-5-12(13)15/h4-5,8-10H,6-7H2,1-3H3,(H,16,18). The first kappa shape index (κ1) is 14.6. The van der Waals surface area contributed by atoms with Crippen LogP contribution in [0.1, 0.15) is 13.8 Å². The van der Waals surface area contributed by atoms with Gasteiger partial charge in [0.05, 0.1) is 31.5 Å². The van der Waals surface area contributed by atoms with Crippen molar-refractivity contribution < 1.29 is 18.7 Å². The van der Waals surface area contributed by atoms with Gasteiger partial charge in [0.15, 0.2) is 0 Å². The summed E-state index contributed by atoms with van der Waals surface area (Å²) in [7, 11) is 1.49. The number of hydrogen-bond donors (Lipinski definition) is 1. The summed E-state index contributed by atoms with van der Waals surface area (Å²) in [5, 5.41) is 2.58. The molecule has 1 aliphatic heterocycles. The molecular formula is C14H19FN2O3. The molecule has 0 aromatic heterocycles. The Labute approximate surface area is 117 Å². The minimum absolute atomic E-state index is 0.0374. The van der Waals surface area contributed by atoms with Crippen molar-refractivity contribution in [1.29, 1.82) is 0 Å². The molecule has 0 radical (unpaired) electrons. The highest BCUT2D eigenvalue weighted by molar-refractivity contribution is 5.90. The SMILES string of the molecule is COc1ccc(F)c(NC(=O)N2CCOC(C)C2C)c1. The Morgan fingerprint density at radius 2 is 2.25 bits per heavy atom. The van der Waals surface area contributed by atoms with Gasteiger partial charge in [-0.05, 0) is 26.0 Å². The Hall–Kier alpha value is -1.82. The fraction of sp³-hybridized carbons (Fsp3) is 0.500. The maximum Gasteiger partial charge on any atom is 0.322 e. The van der Waals surface area contributed by atoms with E-state index < -0.39 is 5.82 Å². The van der Waals surface area contributed by atoms with E-state index in [0.717, 1.165) is 0 Å². The minimum Gasteiger partial charge on any atom is -0.497 e. The number of benzene rings is 1. The van der Waals surface area contributed by atoms with Crippen LogP contribution in [0.5, 0.6) is 5.75 Å². The van der Waals surface area contributed by atoms with E-state index in [2.05, 4.69) is 5.32 Å². The van der Waals surface area contributed by atoms with Gasteiger partial charge in [0.2, 0.25) is 0 Å². The lowest BCUT2D eigenvalue weighted by atomic mass is 10.1. The molecule has 0 bridgehead atoms. The van der Waals surface area contributed by atoms with E-state index in [1.165, 1.54) is 25.3 Å². The molecule has 20 heavy (non-hydrogen) atoms. The van der Waals surface area contributed by atoms with Crippen molar-refractivity contribution in [2.24, 2.45) is 0 Å². The number of morpholine rings is 1. The lowest BCUT2D eigenvalue weighted by molar-refractivity contribution is -0.0355. The molecule has 5 nitrogen and oxygen atoms in total. The van der Waals surface area contributed by atoms with Gasteiger partial charge in [0.1, 0.15) is 11.6 Å². The molecule has 1 N–H and O–H groups in total. The van der Waals surface area contributed by atoms with Crippen LogP contribution in [0, 0.1) is 5.82 Å². The van der Waals surface area contributed by atoms with E-state index in [0.29, 0.717) is 18.9 Å². The number of hydrogen-bond acceptors (Lipinski definition) is 3. The molecule has 1 fully saturated rings. The van der Waals surface area contributed by atoms with E-state index in [9.17, 15) is 9.18 Å². The van der Waals surface area contributed by atoms with Crippen LogP contribution in [0.25, 0.3) is 0 Å². The summed E-state index contributed by atoms with van der Waals surface area (Å²) in [5.41, 5.74) is 0.112. The Kier molecular flexibility index (Phi) is 4.44. The van der Waals surface area contributed by atoms with Gasteiger partial charge in [-0.25, -0.2) is 9.18 Å². The van der Waals surface area contributed by atoms with Gasteiger partial charge in [-0.1, -0.05) is 0 Å². The summed E-state index contributed by atoms with van der Waals surface area (Å²) in [5.74, 6) is -0.00166. The zero-order chi connectivity index (χ0) is 14.7. The molecule has 2 atom stereocenters. The third-order valence-electron chi connectivity index (χ3n) is 3.56. The molecule has 1 aromatic rings. The van der Waals surface area contributed by atoms with Crippen LogP contribution in [0.2, 0.25) is 0 Å². The normalized spacial score (nSPS) is 22.5. The lowest BCUT2D eigenvalue weighted by Crippen LogP contribution is -2.52. The van der Waals surface area contributed by atoms with Gasteiger partial charge >= 0.3 is 6.03 Å². The highest BCUT2D eigenvalue weighted by atomic mass is 19.1. The second kappa shape index (κ2) is 6.09. The summed E-state index contributed by atoms with van der Waals surface area (Å²) < 4.78 is 24.2. The number of carbonyl (C=O) groups excluding carboxylic acids is 1. The minimum atomic E-state index is -0.492. The highest BCUT2D eigenvalue weighted by Crippen LogP contribution is 2.22. The maximum atomic E-state index is 13.7. The number of nitrogens with zero attached hydrogens (tertiary/aromatic N) is 1. The van der Waals surface area contributed by atoms with Gasteiger partial charge in [-0.3, -0.25) is 0 Å². The second-order valence-corrected chi connectivity index (χ2v) is 4.79. The smallest absolute Gasteiger partial charge is 0.322 e. The van der Waals surface area contributed by atoms with Crippen molar-refractivity contribution in [3.63, 3.8) is 0 Å². The molecule has 0 aliphatic carbocycles. The first-order chi connectivity index (χ1) is 9.52. The Bertz CT molecular complexity index is 495. The van der Waals surface area contributed by atoms with E-state index in [-0.39, 0.29) is 23.9 Å². The molecule has 6 heteroatoms. The number of nitrogens with one attached hydrogen (secondary N) is 1. The number of urea groups is 1. The third-order valence-corrected chi connectivity index (χ3v) is 3.56. The molecular weight excluding hydrogens is 263 g/mol. The molecule has 2 rings (SSSR count).